The van der Waals surface area contributed by atoms with Crippen LogP contribution < -0.4 is 10.6 Å². The van der Waals surface area contributed by atoms with Crippen LogP contribution >= 0.6 is 0 Å². The van der Waals surface area contributed by atoms with Crippen LogP contribution in [0.3, 0.4) is 0 Å². The summed E-state index contributed by atoms with van der Waals surface area (Å²) in [5.41, 5.74) is 6.24. The van der Waals surface area contributed by atoms with Gasteiger partial charge in [0.1, 0.15) is 0 Å². The number of anilines is 2. The second-order valence-electron chi connectivity index (χ2n) is 6.57. The van der Waals surface area contributed by atoms with Gasteiger partial charge in [0.25, 0.3) is 0 Å². The van der Waals surface area contributed by atoms with Crippen molar-refractivity contribution in [2.24, 2.45) is 11.3 Å². The Hall–Kier alpha value is -1.39. The van der Waals surface area contributed by atoms with E-state index in [1.54, 1.807) is 0 Å². The summed E-state index contributed by atoms with van der Waals surface area (Å²) < 4.78 is 37.9. The van der Waals surface area contributed by atoms with E-state index < -0.39 is 11.7 Å². The summed E-state index contributed by atoms with van der Waals surface area (Å²) in [7, 11) is 0. The van der Waals surface area contributed by atoms with E-state index in [2.05, 4.69) is 25.7 Å². The zero-order valence-electron chi connectivity index (χ0n) is 12.1. The number of rotatable bonds is 1. The summed E-state index contributed by atoms with van der Waals surface area (Å²) in [5.74, 6) is 0.532. The van der Waals surface area contributed by atoms with Crippen LogP contribution in [0.5, 0.6) is 0 Å². The second-order valence-corrected chi connectivity index (χ2v) is 6.57. The summed E-state index contributed by atoms with van der Waals surface area (Å²) in [6, 6.07) is 3.62. The molecule has 2 rings (SSSR count). The topological polar surface area (TPSA) is 29.3 Å². The molecule has 1 aliphatic heterocycles. The Kier molecular flexibility index (Phi) is 3.65. The number of nitrogen functional groups attached to an aromatic ring is 1. The largest absolute Gasteiger partial charge is 0.416 e. The molecule has 1 unspecified atom stereocenters. The van der Waals surface area contributed by atoms with Gasteiger partial charge in [-0.15, -0.1) is 0 Å². The van der Waals surface area contributed by atoms with Gasteiger partial charge in [-0.05, 0) is 36.0 Å². The first-order valence-corrected chi connectivity index (χ1v) is 6.80. The van der Waals surface area contributed by atoms with Gasteiger partial charge in [-0.2, -0.15) is 13.2 Å². The van der Waals surface area contributed by atoms with Crippen LogP contribution in [0.1, 0.15) is 32.8 Å². The third-order valence-corrected chi connectivity index (χ3v) is 4.11. The molecule has 1 saturated heterocycles. The highest BCUT2D eigenvalue weighted by molar-refractivity contribution is 5.69. The molecule has 2 nitrogen and oxygen atoms in total. The Balaban J connectivity index is 2.19. The van der Waals surface area contributed by atoms with Crippen molar-refractivity contribution in [1.29, 1.82) is 0 Å². The van der Waals surface area contributed by atoms with Crippen LogP contribution in [0.15, 0.2) is 18.2 Å². The second kappa shape index (κ2) is 4.86. The van der Waals surface area contributed by atoms with Crippen LogP contribution in [0.25, 0.3) is 0 Å². The molecule has 1 fully saturated rings. The number of halogens is 3. The lowest BCUT2D eigenvalue weighted by Gasteiger charge is -2.28. The lowest BCUT2D eigenvalue weighted by Crippen LogP contribution is -2.26. The van der Waals surface area contributed by atoms with E-state index in [0.29, 0.717) is 11.6 Å². The first kappa shape index (κ1) is 15.0. The van der Waals surface area contributed by atoms with E-state index in [4.69, 9.17) is 5.73 Å². The van der Waals surface area contributed by atoms with E-state index in [9.17, 15) is 13.2 Å². The molecular formula is C15H21F3N2. The van der Waals surface area contributed by atoms with Crippen molar-refractivity contribution in [2.75, 3.05) is 23.7 Å². The first-order valence-electron chi connectivity index (χ1n) is 6.80. The van der Waals surface area contributed by atoms with Gasteiger partial charge in [-0.1, -0.05) is 20.8 Å². The van der Waals surface area contributed by atoms with E-state index in [0.717, 1.165) is 31.6 Å². The van der Waals surface area contributed by atoms with Crippen molar-refractivity contribution < 1.29 is 13.2 Å². The fourth-order valence-electron chi connectivity index (χ4n) is 2.70. The number of nitrogens with zero attached hydrogens (tertiary/aromatic N) is 1. The molecule has 0 saturated carbocycles. The molecule has 5 heteroatoms. The fourth-order valence-corrected chi connectivity index (χ4v) is 2.70. The van der Waals surface area contributed by atoms with Crippen molar-refractivity contribution >= 4 is 11.4 Å². The molecule has 0 spiro atoms. The molecule has 20 heavy (non-hydrogen) atoms. The van der Waals surface area contributed by atoms with Gasteiger partial charge in [0, 0.05) is 13.1 Å². The van der Waals surface area contributed by atoms with Crippen molar-refractivity contribution in [1.82, 2.24) is 0 Å². The molecular weight excluding hydrogens is 265 g/mol. The van der Waals surface area contributed by atoms with Gasteiger partial charge < -0.3 is 10.6 Å². The third-order valence-electron chi connectivity index (χ3n) is 4.11. The number of nitrogens with two attached hydrogens (primary N) is 1. The minimum absolute atomic E-state index is 0.203. The molecule has 0 radical (unpaired) electrons. The maximum Gasteiger partial charge on any atom is 0.416 e. The molecule has 112 valence electrons. The molecule has 0 bridgehead atoms. The summed E-state index contributed by atoms with van der Waals surface area (Å²) in [6.45, 7) is 8.27. The summed E-state index contributed by atoms with van der Waals surface area (Å²) in [6.07, 6.45) is -3.30. The Morgan fingerprint density at radius 1 is 1.20 bits per heavy atom. The molecule has 0 aromatic heterocycles. The van der Waals surface area contributed by atoms with Gasteiger partial charge in [0.05, 0.1) is 16.9 Å². The van der Waals surface area contributed by atoms with Gasteiger partial charge in [-0.25, -0.2) is 0 Å². The van der Waals surface area contributed by atoms with Crippen molar-refractivity contribution in [3.63, 3.8) is 0 Å². The van der Waals surface area contributed by atoms with E-state index in [1.807, 2.05) is 0 Å². The monoisotopic (exact) mass is 286 g/mol. The summed E-state index contributed by atoms with van der Waals surface area (Å²) in [4.78, 5) is 2.09. The highest BCUT2D eigenvalue weighted by Gasteiger charge is 2.34. The molecule has 1 heterocycles. The normalized spacial score (nSPS) is 20.5. The predicted molar refractivity (Wildman–Crippen MR) is 75.6 cm³/mol. The van der Waals surface area contributed by atoms with Gasteiger partial charge >= 0.3 is 6.18 Å². The first-order chi connectivity index (χ1) is 9.09. The zero-order chi connectivity index (χ0) is 15.1. The number of benzene rings is 1. The van der Waals surface area contributed by atoms with Crippen LogP contribution in [0, 0.1) is 11.3 Å². The Bertz CT molecular complexity index is 489. The lowest BCUT2D eigenvalue weighted by molar-refractivity contribution is -0.137. The molecule has 1 aromatic rings. The molecule has 1 aromatic carbocycles. The minimum atomic E-state index is -4.34. The maximum atomic E-state index is 12.6. The van der Waals surface area contributed by atoms with Crippen LogP contribution in [-0.4, -0.2) is 13.1 Å². The smallest absolute Gasteiger partial charge is 0.397 e. The third kappa shape index (κ3) is 3.02. The molecule has 2 N–H and O–H groups in total. The summed E-state index contributed by atoms with van der Waals surface area (Å²) in [5, 5.41) is 0. The lowest BCUT2D eigenvalue weighted by atomic mass is 9.80. The number of hydrogen-bond acceptors (Lipinski definition) is 2. The zero-order valence-corrected chi connectivity index (χ0v) is 12.1. The standard InChI is InChI=1S/C15H21F3N2/c1-14(2,3)11-6-7-20(9-11)13-5-4-10(8-12(13)19)15(16,17)18/h4-5,8,11H,6-7,9,19H2,1-3H3. The Morgan fingerprint density at radius 3 is 2.30 bits per heavy atom. The van der Waals surface area contributed by atoms with Crippen molar-refractivity contribution in [3.05, 3.63) is 23.8 Å². The van der Waals surface area contributed by atoms with Crippen molar-refractivity contribution in [3.8, 4) is 0 Å². The fraction of sp³-hybridized carbons (Fsp3) is 0.600. The quantitative estimate of drug-likeness (QED) is 0.785. The maximum absolute atomic E-state index is 12.6. The van der Waals surface area contributed by atoms with E-state index in [-0.39, 0.29) is 11.1 Å². The van der Waals surface area contributed by atoms with Crippen LogP contribution in [-0.2, 0) is 6.18 Å². The van der Waals surface area contributed by atoms with Crippen molar-refractivity contribution in [2.45, 2.75) is 33.4 Å². The minimum Gasteiger partial charge on any atom is -0.397 e. The number of alkyl halides is 3. The van der Waals surface area contributed by atoms with E-state index >= 15 is 0 Å². The van der Waals surface area contributed by atoms with Crippen LogP contribution in [0.2, 0.25) is 0 Å². The average molecular weight is 286 g/mol. The Morgan fingerprint density at radius 2 is 1.85 bits per heavy atom. The van der Waals surface area contributed by atoms with Gasteiger partial charge in [0.2, 0.25) is 0 Å². The molecule has 0 aliphatic carbocycles. The molecule has 0 amide bonds. The SMILES string of the molecule is CC(C)(C)C1CCN(c2ccc(C(F)(F)F)cc2N)C1. The molecule has 1 atom stereocenters. The van der Waals surface area contributed by atoms with Gasteiger partial charge in [0.15, 0.2) is 0 Å². The van der Waals surface area contributed by atoms with Crippen LogP contribution in [0.4, 0.5) is 24.5 Å². The summed E-state index contributed by atoms with van der Waals surface area (Å²) >= 11 is 0. The van der Waals surface area contributed by atoms with Gasteiger partial charge in [-0.3, -0.25) is 0 Å². The Labute approximate surface area is 117 Å². The van der Waals surface area contributed by atoms with E-state index in [1.165, 1.54) is 6.07 Å². The predicted octanol–water partition coefficient (Wildman–Crippen LogP) is 4.16. The highest BCUT2D eigenvalue weighted by Crippen LogP contribution is 2.39. The average Bonchev–Trinajstić information content (AvgIpc) is 2.76. The highest BCUT2D eigenvalue weighted by atomic mass is 19.4. The number of hydrogen-bond donors (Lipinski definition) is 1. The molecule has 1 aliphatic rings.